The van der Waals surface area contributed by atoms with E-state index in [0.717, 1.165) is 61.1 Å². The Morgan fingerprint density at radius 1 is 1.03 bits per heavy atom. The normalized spacial score (nSPS) is 18.9. The number of aromatic amines is 1. The molecule has 6 rings (SSSR count). The van der Waals surface area contributed by atoms with Crippen molar-refractivity contribution in [3.63, 3.8) is 0 Å². The van der Waals surface area contributed by atoms with Gasteiger partial charge in [-0.05, 0) is 87.4 Å². The third kappa shape index (κ3) is 3.59. The third-order valence-electron chi connectivity index (χ3n) is 7.36. The zero-order valence-electron chi connectivity index (χ0n) is 18.4. The molecule has 0 bridgehead atoms. The second-order valence-corrected chi connectivity index (χ2v) is 9.47. The van der Waals surface area contributed by atoms with Crippen LogP contribution in [0, 0.1) is 30.3 Å². The van der Waals surface area contributed by atoms with Crippen molar-refractivity contribution in [2.45, 2.75) is 44.6 Å². The Bertz CT molecular complexity index is 1350. The van der Waals surface area contributed by atoms with Gasteiger partial charge in [0.1, 0.15) is 11.6 Å². The second-order valence-electron chi connectivity index (χ2n) is 9.47. The maximum atomic E-state index is 14.1. The third-order valence-corrected chi connectivity index (χ3v) is 7.36. The number of piperidine rings is 1. The zero-order chi connectivity index (χ0) is 22.7. The Morgan fingerprint density at radius 2 is 1.82 bits per heavy atom. The number of hydrogen-bond acceptors (Lipinski definition) is 3. The summed E-state index contributed by atoms with van der Waals surface area (Å²) in [5.74, 6) is -0.264. The number of halogens is 3. The van der Waals surface area contributed by atoms with E-state index in [1.807, 2.05) is 12.3 Å². The lowest BCUT2D eigenvalue weighted by Gasteiger charge is -2.37. The summed E-state index contributed by atoms with van der Waals surface area (Å²) < 4.78 is 41.9. The fourth-order valence-corrected chi connectivity index (χ4v) is 5.50. The standard InChI is InChI=1S/C26H25F3N4/c1-14-23(29)20(28)13-22-24(14)32-26(31-22)25(16-2-3-16)33-10-7-15(8-11-33)18-6-9-30-21-5-4-17(27)12-19(18)21/h4-6,9,12-13,15-16,25H,2-3,7-8,10-11H2,1H3,(H,31,32)/t25-/m1/s1. The molecule has 1 aliphatic heterocycles. The van der Waals surface area contributed by atoms with Gasteiger partial charge in [0.05, 0.1) is 22.6 Å². The summed E-state index contributed by atoms with van der Waals surface area (Å²) >= 11 is 0. The number of pyridine rings is 1. The van der Waals surface area contributed by atoms with Gasteiger partial charge in [0.25, 0.3) is 0 Å². The molecule has 0 amide bonds. The van der Waals surface area contributed by atoms with Gasteiger partial charge in [-0.3, -0.25) is 9.88 Å². The van der Waals surface area contributed by atoms with Gasteiger partial charge < -0.3 is 4.98 Å². The van der Waals surface area contributed by atoms with Crippen molar-refractivity contribution in [2.75, 3.05) is 13.1 Å². The highest BCUT2D eigenvalue weighted by atomic mass is 19.2. The van der Waals surface area contributed by atoms with E-state index in [2.05, 4.69) is 14.9 Å². The van der Waals surface area contributed by atoms with Crippen LogP contribution in [-0.4, -0.2) is 32.9 Å². The molecule has 0 unspecified atom stereocenters. The summed E-state index contributed by atoms with van der Waals surface area (Å²) in [5.41, 5.74) is 3.29. The van der Waals surface area contributed by atoms with Crippen molar-refractivity contribution in [1.82, 2.24) is 19.9 Å². The minimum Gasteiger partial charge on any atom is -0.341 e. The van der Waals surface area contributed by atoms with E-state index in [1.54, 1.807) is 19.1 Å². The van der Waals surface area contributed by atoms with Gasteiger partial charge in [-0.2, -0.15) is 0 Å². The van der Waals surface area contributed by atoms with Gasteiger partial charge in [0, 0.05) is 23.2 Å². The van der Waals surface area contributed by atoms with E-state index in [0.29, 0.717) is 22.9 Å². The lowest BCUT2D eigenvalue weighted by molar-refractivity contribution is 0.131. The molecule has 33 heavy (non-hydrogen) atoms. The molecule has 1 aliphatic carbocycles. The van der Waals surface area contributed by atoms with Gasteiger partial charge >= 0.3 is 0 Å². The molecular formula is C26H25F3N4. The highest BCUT2D eigenvalue weighted by Gasteiger charge is 2.40. The van der Waals surface area contributed by atoms with Crippen LogP contribution in [0.2, 0.25) is 0 Å². The number of hydrogen-bond donors (Lipinski definition) is 1. The van der Waals surface area contributed by atoms with E-state index in [4.69, 9.17) is 4.98 Å². The molecule has 2 aromatic carbocycles. The van der Waals surface area contributed by atoms with Gasteiger partial charge in [0.2, 0.25) is 0 Å². The van der Waals surface area contributed by atoms with Crippen molar-refractivity contribution in [3.05, 3.63) is 70.9 Å². The molecule has 4 aromatic rings. The van der Waals surface area contributed by atoms with Crippen LogP contribution in [0.5, 0.6) is 0 Å². The predicted molar refractivity (Wildman–Crippen MR) is 121 cm³/mol. The molecule has 0 radical (unpaired) electrons. The van der Waals surface area contributed by atoms with Crippen LogP contribution >= 0.6 is 0 Å². The van der Waals surface area contributed by atoms with Crippen molar-refractivity contribution in [3.8, 4) is 0 Å². The highest BCUT2D eigenvalue weighted by Crippen LogP contribution is 2.46. The van der Waals surface area contributed by atoms with Crippen LogP contribution in [0.4, 0.5) is 13.2 Å². The first-order valence-corrected chi connectivity index (χ1v) is 11.6. The van der Waals surface area contributed by atoms with Gasteiger partial charge in [0.15, 0.2) is 11.6 Å². The molecule has 2 aliphatic rings. The maximum absolute atomic E-state index is 14.1. The number of nitrogens with one attached hydrogen (secondary N) is 1. The molecule has 3 heterocycles. The van der Waals surface area contributed by atoms with E-state index < -0.39 is 11.6 Å². The topological polar surface area (TPSA) is 44.8 Å². The highest BCUT2D eigenvalue weighted by molar-refractivity contribution is 5.82. The molecule has 1 N–H and O–H groups in total. The van der Waals surface area contributed by atoms with Crippen LogP contribution in [0.15, 0.2) is 36.5 Å². The van der Waals surface area contributed by atoms with Crippen molar-refractivity contribution in [1.29, 1.82) is 0 Å². The van der Waals surface area contributed by atoms with E-state index in [1.165, 1.54) is 12.1 Å². The van der Waals surface area contributed by atoms with Crippen LogP contribution in [0.1, 0.15) is 54.6 Å². The summed E-state index contributed by atoms with van der Waals surface area (Å²) in [4.78, 5) is 14.9. The van der Waals surface area contributed by atoms with Gasteiger partial charge in [-0.15, -0.1) is 0 Å². The number of aryl methyl sites for hydroxylation is 1. The molecule has 1 saturated heterocycles. The molecule has 2 aromatic heterocycles. The van der Waals surface area contributed by atoms with Gasteiger partial charge in [-0.1, -0.05) is 0 Å². The van der Waals surface area contributed by atoms with Gasteiger partial charge in [-0.25, -0.2) is 18.2 Å². The molecule has 7 heteroatoms. The molecular weight excluding hydrogens is 425 g/mol. The lowest BCUT2D eigenvalue weighted by Crippen LogP contribution is -2.37. The SMILES string of the molecule is Cc1c(F)c(F)cc2[nH]c([C@@H](C3CC3)N3CCC(c4ccnc5ccc(F)cc45)CC3)nc12. The average molecular weight is 451 g/mol. The zero-order valence-corrected chi connectivity index (χ0v) is 18.4. The summed E-state index contributed by atoms with van der Waals surface area (Å²) in [6.45, 7) is 3.36. The largest absolute Gasteiger partial charge is 0.341 e. The summed E-state index contributed by atoms with van der Waals surface area (Å²) in [5, 5.41) is 0.895. The smallest absolute Gasteiger partial charge is 0.164 e. The molecule has 1 atom stereocenters. The van der Waals surface area contributed by atoms with Crippen molar-refractivity contribution < 1.29 is 13.2 Å². The fraction of sp³-hybridized carbons (Fsp3) is 0.385. The Labute approximate surface area is 189 Å². The number of aromatic nitrogens is 3. The molecule has 1 saturated carbocycles. The first kappa shape index (κ1) is 20.7. The Kier molecular flexibility index (Phi) is 4.91. The summed E-state index contributed by atoms with van der Waals surface area (Å²) in [6.07, 6.45) is 6.00. The van der Waals surface area contributed by atoms with Crippen LogP contribution < -0.4 is 0 Å². The number of nitrogens with zero attached hydrogens (tertiary/aromatic N) is 3. The first-order chi connectivity index (χ1) is 16.0. The van der Waals surface area contributed by atoms with Crippen LogP contribution in [0.3, 0.4) is 0 Å². The molecule has 0 spiro atoms. The average Bonchev–Trinajstić information content (AvgIpc) is 3.57. The number of benzene rings is 2. The number of likely N-dealkylation sites (tertiary alicyclic amines) is 1. The van der Waals surface area contributed by atoms with E-state index in [9.17, 15) is 13.2 Å². The number of fused-ring (bicyclic) bond motifs is 2. The first-order valence-electron chi connectivity index (χ1n) is 11.6. The minimum atomic E-state index is -0.847. The second kappa shape index (κ2) is 7.83. The predicted octanol–water partition coefficient (Wildman–Crippen LogP) is 6.17. The number of imidazole rings is 1. The van der Waals surface area contributed by atoms with Crippen LogP contribution in [-0.2, 0) is 0 Å². The van der Waals surface area contributed by atoms with E-state index >= 15 is 0 Å². The minimum absolute atomic E-state index is 0.121. The maximum Gasteiger partial charge on any atom is 0.164 e. The number of H-pyrrole nitrogens is 1. The number of rotatable bonds is 4. The Balaban J connectivity index is 1.27. The quantitative estimate of drug-likeness (QED) is 0.405. The molecule has 170 valence electrons. The monoisotopic (exact) mass is 450 g/mol. The molecule has 2 fully saturated rings. The Morgan fingerprint density at radius 3 is 2.58 bits per heavy atom. The Hall–Kier alpha value is -2.93. The van der Waals surface area contributed by atoms with Crippen molar-refractivity contribution in [2.24, 2.45) is 5.92 Å². The fourth-order valence-electron chi connectivity index (χ4n) is 5.50. The summed E-state index contributed by atoms with van der Waals surface area (Å²) in [6, 6.07) is 8.13. The van der Waals surface area contributed by atoms with Crippen molar-refractivity contribution >= 4 is 21.9 Å². The van der Waals surface area contributed by atoms with E-state index in [-0.39, 0.29) is 17.4 Å². The lowest BCUT2D eigenvalue weighted by atomic mass is 9.86. The molecule has 4 nitrogen and oxygen atoms in total. The summed E-state index contributed by atoms with van der Waals surface area (Å²) in [7, 11) is 0. The van der Waals surface area contributed by atoms with Crippen LogP contribution in [0.25, 0.3) is 21.9 Å².